The van der Waals surface area contributed by atoms with Gasteiger partial charge in [0.15, 0.2) is 0 Å². The standard InChI is InChI=1S/C22H25N3O3/c1-15-20(13-24-12-18-7-5-9-23-11-18)21(22(26)27)16(2)25(15)14-17-6-4-8-19(10-17)28-3/h4-11,24H,12-14H2,1-3H3,(H,26,27). The monoisotopic (exact) mass is 379 g/mol. The molecule has 0 fully saturated rings. The van der Waals surface area contributed by atoms with Crippen molar-refractivity contribution in [3.63, 3.8) is 0 Å². The smallest absolute Gasteiger partial charge is 0.337 e. The van der Waals surface area contributed by atoms with Gasteiger partial charge in [-0.1, -0.05) is 18.2 Å². The maximum atomic E-state index is 11.9. The van der Waals surface area contributed by atoms with Crippen molar-refractivity contribution in [2.24, 2.45) is 0 Å². The van der Waals surface area contributed by atoms with Crippen molar-refractivity contribution in [3.8, 4) is 5.75 Å². The van der Waals surface area contributed by atoms with Crippen LogP contribution in [-0.2, 0) is 19.6 Å². The Hall–Kier alpha value is -3.12. The summed E-state index contributed by atoms with van der Waals surface area (Å²) in [7, 11) is 1.64. The van der Waals surface area contributed by atoms with Crippen LogP contribution in [0.1, 0.15) is 38.4 Å². The van der Waals surface area contributed by atoms with Crippen LogP contribution in [0.3, 0.4) is 0 Å². The number of rotatable bonds is 8. The first kappa shape index (κ1) is 19.6. The molecule has 0 aliphatic heterocycles. The molecule has 3 aromatic rings. The second-order valence-corrected chi connectivity index (χ2v) is 6.73. The van der Waals surface area contributed by atoms with Crippen molar-refractivity contribution in [3.05, 3.63) is 82.4 Å². The summed E-state index contributed by atoms with van der Waals surface area (Å²) in [5.74, 6) is -0.111. The SMILES string of the molecule is COc1cccc(Cn2c(C)c(CNCc3cccnc3)c(C(=O)O)c2C)c1. The van der Waals surface area contributed by atoms with Crippen LogP contribution in [0.4, 0.5) is 0 Å². The Morgan fingerprint density at radius 1 is 1.14 bits per heavy atom. The number of hydrogen-bond acceptors (Lipinski definition) is 4. The highest BCUT2D eigenvalue weighted by Gasteiger charge is 2.22. The highest BCUT2D eigenvalue weighted by Crippen LogP contribution is 2.25. The number of pyridine rings is 1. The summed E-state index contributed by atoms with van der Waals surface area (Å²) in [5.41, 5.74) is 5.02. The zero-order valence-corrected chi connectivity index (χ0v) is 16.4. The highest BCUT2D eigenvalue weighted by molar-refractivity contribution is 5.91. The van der Waals surface area contributed by atoms with Gasteiger partial charge in [-0.25, -0.2) is 4.79 Å². The summed E-state index contributed by atoms with van der Waals surface area (Å²) < 4.78 is 7.35. The molecule has 0 unspecified atom stereocenters. The van der Waals surface area contributed by atoms with Crippen molar-refractivity contribution < 1.29 is 14.6 Å². The molecule has 6 nitrogen and oxygen atoms in total. The van der Waals surface area contributed by atoms with Crippen LogP contribution in [0.15, 0.2) is 48.8 Å². The molecule has 3 rings (SSSR count). The van der Waals surface area contributed by atoms with E-state index in [0.29, 0.717) is 25.2 Å². The second-order valence-electron chi connectivity index (χ2n) is 6.73. The normalized spacial score (nSPS) is 10.8. The first-order chi connectivity index (χ1) is 13.5. The van der Waals surface area contributed by atoms with Gasteiger partial charge in [-0.2, -0.15) is 0 Å². The lowest BCUT2D eigenvalue weighted by Crippen LogP contribution is -2.15. The summed E-state index contributed by atoms with van der Waals surface area (Å²) >= 11 is 0. The van der Waals surface area contributed by atoms with Crippen LogP contribution in [0.5, 0.6) is 5.75 Å². The average Bonchev–Trinajstić information content (AvgIpc) is 2.93. The van der Waals surface area contributed by atoms with Gasteiger partial charge in [0.25, 0.3) is 0 Å². The van der Waals surface area contributed by atoms with E-state index in [0.717, 1.165) is 33.8 Å². The molecule has 6 heteroatoms. The molecule has 0 aliphatic rings. The van der Waals surface area contributed by atoms with E-state index in [4.69, 9.17) is 4.74 Å². The summed E-state index contributed by atoms with van der Waals surface area (Å²) in [6, 6.07) is 11.7. The largest absolute Gasteiger partial charge is 0.497 e. The molecule has 2 N–H and O–H groups in total. The maximum absolute atomic E-state index is 11.9. The van der Waals surface area contributed by atoms with Crippen LogP contribution in [0.2, 0.25) is 0 Å². The first-order valence-electron chi connectivity index (χ1n) is 9.15. The maximum Gasteiger partial charge on any atom is 0.337 e. The van der Waals surface area contributed by atoms with E-state index in [1.165, 1.54) is 0 Å². The Balaban J connectivity index is 1.85. The molecule has 0 radical (unpaired) electrons. The number of carboxylic acids is 1. The molecule has 0 bridgehead atoms. The third-order valence-electron chi connectivity index (χ3n) is 4.95. The van der Waals surface area contributed by atoms with Gasteiger partial charge in [0.2, 0.25) is 0 Å². The molecule has 0 saturated carbocycles. The van der Waals surface area contributed by atoms with E-state index in [1.54, 1.807) is 19.5 Å². The van der Waals surface area contributed by atoms with E-state index in [9.17, 15) is 9.90 Å². The summed E-state index contributed by atoms with van der Waals surface area (Å²) in [6.07, 6.45) is 3.54. The lowest BCUT2D eigenvalue weighted by Gasteiger charge is -2.11. The number of nitrogens with zero attached hydrogens (tertiary/aromatic N) is 2. The summed E-state index contributed by atoms with van der Waals surface area (Å²) in [6.45, 7) is 5.54. The van der Waals surface area contributed by atoms with E-state index < -0.39 is 5.97 Å². The van der Waals surface area contributed by atoms with Crippen LogP contribution < -0.4 is 10.1 Å². The summed E-state index contributed by atoms with van der Waals surface area (Å²) in [5, 5.41) is 13.1. The molecule has 0 amide bonds. The van der Waals surface area contributed by atoms with Crippen molar-refractivity contribution >= 4 is 5.97 Å². The molecule has 146 valence electrons. The van der Waals surface area contributed by atoms with Gasteiger partial charge in [-0.3, -0.25) is 4.98 Å². The number of ether oxygens (including phenoxy) is 1. The quantitative estimate of drug-likeness (QED) is 0.626. The molecular weight excluding hydrogens is 354 g/mol. The molecular formula is C22H25N3O3. The predicted octanol–water partition coefficient (Wildman–Crippen LogP) is 3.54. The van der Waals surface area contributed by atoms with Crippen LogP contribution >= 0.6 is 0 Å². The number of carbonyl (C=O) groups is 1. The number of benzene rings is 1. The fourth-order valence-electron chi connectivity index (χ4n) is 3.47. The molecule has 0 spiro atoms. The number of carboxylic acid groups (broad SMARTS) is 1. The minimum Gasteiger partial charge on any atom is -0.497 e. The zero-order chi connectivity index (χ0) is 20.1. The van der Waals surface area contributed by atoms with E-state index in [-0.39, 0.29) is 0 Å². The van der Waals surface area contributed by atoms with Gasteiger partial charge in [0, 0.05) is 49.0 Å². The third-order valence-corrected chi connectivity index (χ3v) is 4.95. The zero-order valence-electron chi connectivity index (χ0n) is 16.4. The average molecular weight is 379 g/mol. The van der Waals surface area contributed by atoms with Crippen LogP contribution in [0, 0.1) is 13.8 Å². The van der Waals surface area contributed by atoms with Crippen LogP contribution in [0.25, 0.3) is 0 Å². The van der Waals surface area contributed by atoms with Gasteiger partial charge in [0.1, 0.15) is 5.75 Å². The Morgan fingerprint density at radius 3 is 2.61 bits per heavy atom. The van der Waals surface area contributed by atoms with Gasteiger partial charge in [-0.05, 0) is 43.2 Å². The minimum absolute atomic E-state index is 0.374. The molecule has 0 saturated heterocycles. The van der Waals surface area contributed by atoms with Crippen molar-refractivity contribution in [1.82, 2.24) is 14.9 Å². The highest BCUT2D eigenvalue weighted by atomic mass is 16.5. The molecule has 1 aromatic carbocycles. The Labute approximate surface area is 164 Å². The number of aromatic nitrogens is 2. The number of nitrogens with one attached hydrogen (secondary N) is 1. The van der Waals surface area contributed by atoms with Gasteiger partial charge >= 0.3 is 5.97 Å². The van der Waals surface area contributed by atoms with E-state index in [2.05, 4.69) is 14.9 Å². The number of hydrogen-bond donors (Lipinski definition) is 2. The lowest BCUT2D eigenvalue weighted by atomic mass is 10.1. The Morgan fingerprint density at radius 2 is 1.93 bits per heavy atom. The van der Waals surface area contributed by atoms with Crippen molar-refractivity contribution in [2.75, 3.05) is 7.11 Å². The Bertz CT molecular complexity index is 965. The number of methoxy groups -OCH3 is 1. The van der Waals surface area contributed by atoms with Crippen molar-refractivity contribution in [2.45, 2.75) is 33.5 Å². The third kappa shape index (κ3) is 4.23. The molecule has 2 heterocycles. The van der Waals surface area contributed by atoms with Gasteiger partial charge < -0.3 is 19.7 Å². The van der Waals surface area contributed by atoms with Crippen LogP contribution in [-0.4, -0.2) is 27.7 Å². The van der Waals surface area contributed by atoms with Gasteiger partial charge in [-0.15, -0.1) is 0 Å². The molecule has 28 heavy (non-hydrogen) atoms. The second kappa shape index (κ2) is 8.71. The molecule has 0 aliphatic carbocycles. The van der Waals surface area contributed by atoms with Crippen molar-refractivity contribution in [1.29, 1.82) is 0 Å². The summed E-state index contributed by atoms with van der Waals surface area (Å²) in [4.78, 5) is 16.0. The fraction of sp³-hybridized carbons (Fsp3) is 0.273. The minimum atomic E-state index is -0.900. The first-order valence-corrected chi connectivity index (χ1v) is 9.15. The van der Waals surface area contributed by atoms with E-state index in [1.807, 2.05) is 50.2 Å². The molecule has 2 aromatic heterocycles. The van der Waals surface area contributed by atoms with Gasteiger partial charge in [0.05, 0.1) is 12.7 Å². The fourth-order valence-corrected chi connectivity index (χ4v) is 3.47. The predicted molar refractivity (Wildman–Crippen MR) is 108 cm³/mol. The lowest BCUT2D eigenvalue weighted by molar-refractivity contribution is 0.0694. The Kier molecular flexibility index (Phi) is 6.11. The topological polar surface area (TPSA) is 76.4 Å². The molecule has 0 atom stereocenters. The number of aromatic carboxylic acids is 1. The van der Waals surface area contributed by atoms with E-state index >= 15 is 0 Å².